The van der Waals surface area contributed by atoms with Gasteiger partial charge in [-0.2, -0.15) is 0 Å². The Labute approximate surface area is 193 Å². The second-order valence-electron chi connectivity index (χ2n) is 7.88. The Morgan fingerprint density at radius 1 is 1.06 bits per heavy atom. The molecule has 31 heavy (non-hydrogen) atoms. The van der Waals surface area contributed by atoms with E-state index in [2.05, 4.69) is 10.2 Å². The van der Waals surface area contributed by atoms with Gasteiger partial charge in [0.15, 0.2) is 6.61 Å². The third-order valence-corrected chi connectivity index (χ3v) is 5.82. The molecule has 1 aliphatic heterocycles. The van der Waals surface area contributed by atoms with Gasteiger partial charge in [0.25, 0.3) is 5.91 Å². The predicted octanol–water partition coefficient (Wildman–Crippen LogP) is 4.24. The van der Waals surface area contributed by atoms with Crippen molar-refractivity contribution >= 4 is 40.7 Å². The zero-order valence-electron chi connectivity index (χ0n) is 17.8. The molecule has 0 saturated heterocycles. The lowest BCUT2D eigenvalue weighted by Gasteiger charge is -2.24. The number of hydrogen-bond donors (Lipinski definition) is 1. The van der Waals surface area contributed by atoms with E-state index in [1.807, 2.05) is 32.3 Å². The van der Waals surface area contributed by atoms with Gasteiger partial charge >= 0.3 is 0 Å². The summed E-state index contributed by atoms with van der Waals surface area (Å²) in [5.74, 6) is 0.536. The fourth-order valence-electron chi connectivity index (χ4n) is 3.41. The Morgan fingerprint density at radius 3 is 2.61 bits per heavy atom. The standard InChI is InChI=1S/C23H27Cl2N3O3/c1-27(2)10-3-11-28(14-16-4-7-19(24)20(25)12-16)23(30)15-31-18-6-8-21-17(13-18)5-9-22(29)26-21/h4,6-8,12-13H,3,5,9-11,14-15H2,1-2H3,(H,26,29). The molecule has 0 atom stereocenters. The normalized spacial score (nSPS) is 13.0. The van der Waals surface area contributed by atoms with Gasteiger partial charge in [0.1, 0.15) is 5.75 Å². The largest absolute Gasteiger partial charge is 0.484 e. The van der Waals surface area contributed by atoms with E-state index in [1.165, 1.54) is 0 Å². The van der Waals surface area contributed by atoms with Crippen molar-refractivity contribution in [3.63, 3.8) is 0 Å². The van der Waals surface area contributed by atoms with E-state index in [-0.39, 0.29) is 18.4 Å². The average Bonchev–Trinajstić information content (AvgIpc) is 2.73. The van der Waals surface area contributed by atoms with Crippen molar-refractivity contribution in [3.8, 4) is 5.75 Å². The number of nitrogens with zero attached hydrogens (tertiary/aromatic N) is 2. The van der Waals surface area contributed by atoms with Crippen molar-refractivity contribution in [1.29, 1.82) is 0 Å². The molecule has 1 N–H and O–H groups in total. The number of rotatable bonds is 9. The fourth-order valence-corrected chi connectivity index (χ4v) is 3.73. The van der Waals surface area contributed by atoms with Crippen LogP contribution in [-0.4, -0.2) is 55.4 Å². The van der Waals surface area contributed by atoms with Crippen molar-refractivity contribution in [1.82, 2.24) is 9.80 Å². The van der Waals surface area contributed by atoms with Crippen LogP contribution in [0.5, 0.6) is 5.75 Å². The second-order valence-corrected chi connectivity index (χ2v) is 8.69. The van der Waals surface area contributed by atoms with E-state index in [0.29, 0.717) is 41.7 Å². The third-order valence-electron chi connectivity index (χ3n) is 5.08. The van der Waals surface area contributed by atoms with Gasteiger partial charge in [0.2, 0.25) is 5.91 Å². The highest BCUT2D eigenvalue weighted by atomic mass is 35.5. The quantitative estimate of drug-likeness (QED) is 0.603. The number of fused-ring (bicyclic) bond motifs is 1. The van der Waals surface area contributed by atoms with E-state index >= 15 is 0 Å². The first kappa shape index (κ1) is 23.4. The molecule has 0 bridgehead atoms. The Morgan fingerprint density at radius 2 is 1.87 bits per heavy atom. The lowest BCUT2D eigenvalue weighted by molar-refractivity contribution is -0.134. The molecule has 0 aliphatic carbocycles. The summed E-state index contributed by atoms with van der Waals surface area (Å²) in [5.41, 5.74) is 2.74. The lowest BCUT2D eigenvalue weighted by atomic mass is 10.0. The minimum absolute atomic E-state index is 0.0204. The van der Waals surface area contributed by atoms with E-state index in [1.54, 1.807) is 23.1 Å². The number of halogens is 2. The highest BCUT2D eigenvalue weighted by Crippen LogP contribution is 2.27. The minimum Gasteiger partial charge on any atom is -0.484 e. The van der Waals surface area contributed by atoms with Gasteiger partial charge in [-0.15, -0.1) is 0 Å². The van der Waals surface area contributed by atoms with Crippen molar-refractivity contribution in [3.05, 3.63) is 57.6 Å². The summed E-state index contributed by atoms with van der Waals surface area (Å²) in [5, 5.41) is 3.80. The van der Waals surface area contributed by atoms with Crippen LogP contribution in [0.25, 0.3) is 0 Å². The number of anilines is 1. The smallest absolute Gasteiger partial charge is 0.260 e. The number of ether oxygens (including phenoxy) is 1. The first-order valence-electron chi connectivity index (χ1n) is 10.2. The summed E-state index contributed by atoms with van der Waals surface area (Å²) in [7, 11) is 4.01. The number of aryl methyl sites for hydroxylation is 1. The van der Waals surface area contributed by atoms with Crippen LogP contribution in [0.15, 0.2) is 36.4 Å². The summed E-state index contributed by atoms with van der Waals surface area (Å²) < 4.78 is 5.79. The molecular formula is C23H27Cl2N3O3. The summed E-state index contributed by atoms with van der Waals surface area (Å²) in [4.78, 5) is 28.3. The second kappa shape index (κ2) is 10.8. The van der Waals surface area contributed by atoms with Crippen LogP contribution >= 0.6 is 23.2 Å². The number of carbonyl (C=O) groups excluding carboxylic acids is 2. The van der Waals surface area contributed by atoms with Crippen molar-refractivity contribution < 1.29 is 14.3 Å². The van der Waals surface area contributed by atoms with E-state index in [0.717, 1.165) is 29.8 Å². The molecule has 1 heterocycles. The Kier molecular flexibility index (Phi) is 8.18. The Bertz CT molecular complexity index is 950. The molecular weight excluding hydrogens is 437 g/mol. The zero-order valence-corrected chi connectivity index (χ0v) is 19.3. The topological polar surface area (TPSA) is 61.9 Å². The molecule has 3 rings (SSSR count). The van der Waals surface area contributed by atoms with Gasteiger partial charge < -0.3 is 19.9 Å². The van der Waals surface area contributed by atoms with Crippen LogP contribution in [0.2, 0.25) is 10.0 Å². The van der Waals surface area contributed by atoms with Crippen LogP contribution in [0.3, 0.4) is 0 Å². The van der Waals surface area contributed by atoms with Crippen LogP contribution < -0.4 is 10.1 Å². The maximum Gasteiger partial charge on any atom is 0.260 e. The van der Waals surface area contributed by atoms with Crippen LogP contribution in [0.4, 0.5) is 5.69 Å². The zero-order chi connectivity index (χ0) is 22.4. The molecule has 1 aliphatic rings. The van der Waals surface area contributed by atoms with E-state index in [9.17, 15) is 9.59 Å². The number of nitrogens with one attached hydrogen (secondary N) is 1. The number of amides is 2. The van der Waals surface area contributed by atoms with Gasteiger partial charge in [-0.25, -0.2) is 0 Å². The van der Waals surface area contributed by atoms with Gasteiger partial charge in [0, 0.05) is 25.2 Å². The van der Waals surface area contributed by atoms with Crippen LogP contribution in [0, 0.1) is 0 Å². The molecule has 2 aromatic carbocycles. The van der Waals surface area contributed by atoms with Crippen LogP contribution in [-0.2, 0) is 22.6 Å². The molecule has 166 valence electrons. The Hall–Kier alpha value is -2.28. The molecule has 6 nitrogen and oxygen atoms in total. The molecule has 0 aromatic heterocycles. The van der Waals surface area contributed by atoms with Crippen molar-refractivity contribution in [2.45, 2.75) is 25.8 Å². The summed E-state index contributed by atoms with van der Waals surface area (Å²) in [6, 6.07) is 10.9. The maximum atomic E-state index is 13.0. The fraction of sp³-hybridized carbons (Fsp3) is 0.391. The molecule has 0 spiro atoms. The first-order valence-corrected chi connectivity index (χ1v) is 11.0. The number of hydrogen-bond acceptors (Lipinski definition) is 4. The van der Waals surface area contributed by atoms with E-state index < -0.39 is 0 Å². The van der Waals surface area contributed by atoms with Crippen molar-refractivity contribution in [2.24, 2.45) is 0 Å². The Balaban J connectivity index is 1.64. The first-order chi connectivity index (χ1) is 14.8. The van der Waals surface area contributed by atoms with Gasteiger partial charge in [-0.3, -0.25) is 9.59 Å². The predicted molar refractivity (Wildman–Crippen MR) is 124 cm³/mol. The maximum absolute atomic E-state index is 13.0. The highest BCUT2D eigenvalue weighted by molar-refractivity contribution is 6.42. The van der Waals surface area contributed by atoms with Gasteiger partial charge in [-0.1, -0.05) is 29.3 Å². The molecule has 0 saturated carbocycles. The summed E-state index contributed by atoms with van der Waals surface area (Å²) in [6.45, 7) is 1.86. The van der Waals surface area contributed by atoms with Crippen molar-refractivity contribution in [2.75, 3.05) is 39.1 Å². The summed E-state index contributed by atoms with van der Waals surface area (Å²) in [6.07, 6.45) is 1.97. The number of benzene rings is 2. The SMILES string of the molecule is CN(C)CCCN(Cc1ccc(Cl)c(Cl)c1)C(=O)COc1ccc2c(c1)CCC(=O)N2. The summed E-state index contributed by atoms with van der Waals surface area (Å²) >= 11 is 12.2. The molecule has 2 aromatic rings. The molecule has 0 fully saturated rings. The van der Waals surface area contributed by atoms with Gasteiger partial charge in [-0.05, 0) is 74.9 Å². The monoisotopic (exact) mass is 463 g/mol. The minimum atomic E-state index is -0.101. The molecule has 8 heteroatoms. The lowest BCUT2D eigenvalue weighted by Crippen LogP contribution is -2.36. The van der Waals surface area contributed by atoms with E-state index in [4.69, 9.17) is 27.9 Å². The highest BCUT2D eigenvalue weighted by Gasteiger charge is 2.18. The third kappa shape index (κ3) is 6.86. The number of carbonyl (C=O) groups is 2. The molecule has 0 unspecified atom stereocenters. The molecule has 0 radical (unpaired) electrons. The van der Waals surface area contributed by atoms with Gasteiger partial charge in [0.05, 0.1) is 10.0 Å². The van der Waals surface area contributed by atoms with Crippen LogP contribution in [0.1, 0.15) is 24.0 Å². The average molecular weight is 464 g/mol. The molecule has 2 amide bonds.